The zero-order valence-electron chi connectivity index (χ0n) is 11.3. The van der Waals surface area contributed by atoms with E-state index in [9.17, 15) is 0 Å². The van der Waals surface area contributed by atoms with Crippen molar-refractivity contribution >= 4 is 0 Å². The highest BCUT2D eigenvalue weighted by atomic mass is 16.2. The number of rotatable bonds is 8. The summed E-state index contributed by atoms with van der Waals surface area (Å²) in [6, 6.07) is 0. The minimum absolute atomic E-state index is 0.370. The molecule has 0 aliphatic rings. The average Bonchev–Trinajstić information content (AvgIpc) is 2.16. The fourth-order valence-corrected chi connectivity index (χ4v) is 1.25. The van der Waals surface area contributed by atoms with E-state index in [0.717, 1.165) is 6.42 Å². The standard InChI is InChI=1S/C10H22O.C3H9N/c1-2-3-4-5-6-7-8-9-10-11;1-4(2)3/h11H,2-10H2,1H3;1-3H3. The first-order chi connectivity index (χ1) is 7.15. The van der Waals surface area contributed by atoms with Crippen molar-refractivity contribution in [3.63, 3.8) is 0 Å². The molecule has 2 heteroatoms. The number of unbranched alkanes of at least 4 members (excludes halogenated alkanes) is 7. The van der Waals surface area contributed by atoms with E-state index in [-0.39, 0.29) is 0 Å². The van der Waals surface area contributed by atoms with Crippen molar-refractivity contribution < 1.29 is 5.11 Å². The van der Waals surface area contributed by atoms with Crippen LogP contribution >= 0.6 is 0 Å². The smallest absolute Gasteiger partial charge is 0.0431 e. The van der Waals surface area contributed by atoms with Gasteiger partial charge in [-0.2, -0.15) is 0 Å². The van der Waals surface area contributed by atoms with Gasteiger partial charge in [-0.1, -0.05) is 51.9 Å². The van der Waals surface area contributed by atoms with Crippen LogP contribution < -0.4 is 0 Å². The molecule has 1 N–H and O–H groups in total. The predicted octanol–water partition coefficient (Wildman–Crippen LogP) is 3.30. The Morgan fingerprint density at radius 3 is 1.40 bits per heavy atom. The lowest BCUT2D eigenvalue weighted by Gasteiger charge is -1.98. The molecule has 0 rings (SSSR count). The molecule has 0 aliphatic heterocycles. The first kappa shape index (κ1) is 17.3. The van der Waals surface area contributed by atoms with Crippen molar-refractivity contribution in [1.29, 1.82) is 0 Å². The van der Waals surface area contributed by atoms with Gasteiger partial charge in [-0.15, -0.1) is 0 Å². The highest BCUT2D eigenvalue weighted by Gasteiger charge is 1.89. The van der Waals surface area contributed by atoms with Gasteiger partial charge in [0.15, 0.2) is 0 Å². The van der Waals surface area contributed by atoms with E-state index in [2.05, 4.69) is 6.92 Å². The van der Waals surface area contributed by atoms with Gasteiger partial charge in [-0.3, -0.25) is 0 Å². The van der Waals surface area contributed by atoms with Gasteiger partial charge in [-0.25, -0.2) is 0 Å². The fraction of sp³-hybridized carbons (Fsp3) is 1.00. The molecule has 0 aliphatic carbocycles. The molecule has 0 saturated carbocycles. The predicted molar refractivity (Wildman–Crippen MR) is 69.3 cm³/mol. The zero-order valence-corrected chi connectivity index (χ0v) is 11.3. The molecule has 0 unspecified atom stereocenters. The lowest BCUT2D eigenvalue weighted by Crippen LogP contribution is -1.99. The summed E-state index contributed by atoms with van der Waals surface area (Å²) in [6.07, 6.45) is 10.4. The Bertz CT molecular complexity index is 83.8. The molecule has 0 saturated heterocycles. The van der Waals surface area contributed by atoms with Crippen LogP contribution in [-0.2, 0) is 0 Å². The highest BCUT2D eigenvalue weighted by Crippen LogP contribution is 2.07. The number of hydrogen-bond acceptors (Lipinski definition) is 2. The van der Waals surface area contributed by atoms with Gasteiger partial charge in [0.1, 0.15) is 0 Å². The first-order valence-electron chi connectivity index (χ1n) is 6.36. The molecule has 0 aromatic carbocycles. The molecule has 0 amide bonds. The largest absolute Gasteiger partial charge is 0.396 e. The Kier molecular flexibility index (Phi) is 18.9. The molecule has 0 heterocycles. The summed E-state index contributed by atoms with van der Waals surface area (Å²) in [7, 11) is 6.00. The zero-order chi connectivity index (χ0) is 11.9. The quantitative estimate of drug-likeness (QED) is 0.631. The van der Waals surface area contributed by atoms with Crippen molar-refractivity contribution in [2.45, 2.75) is 58.3 Å². The lowest BCUT2D eigenvalue weighted by atomic mass is 10.1. The van der Waals surface area contributed by atoms with Gasteiger partial charge in [0.25, 0.3) is 0 Å². The van der Waals surface area contributed by atoms with Crippen LogP contribution in [0.1, 0.15) is 58.3 Å². The minimum Gasteiger partial charge on any atom is -0.396 e. The van der Waals surface area contributed by atoms with E-state index in [1.165, 1.54) is 44.9 Å². The summed E-state index contributed by atoms with van der Waals surface area (Å²) in [5, 5.41) is 8.51. The van der Waals surface area contributed by atoms with Crippen molar-refractivity contribution in [1.82, 2.24) is 4.90 Å². The summed E-state index contributed by atoms with van der Waals surface area (Å²) < 4.78 is 0. The molecular formula is C13H31NO. The van der Waals surface area contributed by atoms with E-state index < -0.39 is 0 Å². The molecule has 0 bridgehead atoms. The summed E-state index contributed by atoms with van der Waals surface area (Å²) in [5.41, 5.74) is 0. The normalized spacial score (nSPS) is 10.0. The Morgan fingerprint density at radius 1 is 0.733 bits per heavy atom. The third kappa shape index (κ3) is 31.5. The third-order valence-corrected chi connectivity index (χ3v) is 2.01. The number of aliphatic hydroxyl groups is 1. The van der Waals surface area contributed by atoms with Gasteiger partial charge < -0.3 is 10.0 Å². The van der Waals surface area contributed by atoms with Gasteiger partial charge in [0.2, 0.25) is 0 Å². The first-order valence-corrected chi connectivity index (χ1v) is 6.36. The average molecular weight is 217 g/mol. The van der Waals surface area contributed by atoms with Crippen molar-refractivity contribution in [2.24, 2.45) is 0 Å². The molecule has 15 heavy (non-hydrogen) atoms. The van der Waals surface area contributed by atoms with Crippen molar-refractivity contribution in [3.05, 3.63) is 0 Å². The summed E-state index contributed by atoms with van der Waals surface area (Å²) >= 11 is 0. The maximum atomic E-state index is 8.51. The van der Waals surface area contributed by atoms with Gasteiger partial charge in [-0.05, 0) is 27.6 Å². The number of hydrogen-bond donors (Lipinski definition) is 1. The second-order valence-electron chi connectivity index (χ2n) is 4.54. The van der Waals surface area contributed by atoms with E-state index in [1.54, 1.807) is 0 Å². The Hall–Kier alpha value is -0.0800. The second-order valence-corrected chi connectivity index (χ2v) is 4.54. The van der Waals surface area contributed by atoms with Crippen molar-refractivity contribution in [2.75, 3.05) is 27.7 Å². The van der Waals surface area contributed by atoms with Crippen LogP contribution in [0, 0.1) is 0 Å². The number of nitrogens with zero attached hydrogens (tertiary/aromatic N) is 1. The molecule has 0 aromatic rings. The van der Waals surface area contributed by atoms with Crippen LogP contribution in [0.5, 0.6) is 0 Å². The van der Waals surface area contributed by atoms with Crippen LogP contribution in [0.25, 0.3) is 0 Å². The second kappa shape index (κ2) is 16.4. The Morgan fingerprint density at radius 2 is 1.07 bits per heavy atom. The molecule has 0 spiro atoms. The summed E-state index contributed by atoms with van der Waals surface area (Å²) in [6.45, 7) is 2.61. The van der Waals surface area contributed by atoms with Crippen LogP contribution in [0.4, 0.5) is 0 Å². The molecule has 2 nitrogen and oxygen atoms in total. The SMILES string of the molecule is CCCCCCCCCCO.CN(C)C. The maximum Gasteiger partial charge on any atom is 0.0431 e. The Balaban J connectivity index is 0. The Labute approximate surface area is 96.7 Å². The fourth-order valence-electron chi connectivity index (χ4n) is 1.25. The van der Waals surface area contributed by atoms with E-state index in [4.69, 9.17) is 5.11 Å². The van der Waals surface area contributed by atoms with Gasteiger partial charge >= 0.3 is 0 Å². The highest BCUT2D eigenvalue weighted by molar-refractivity contribution is 4.44. The van der Waals surface area contributed by atoms with Crippen LogP contribution in [0.15, 0.2) is 0 Å². The monoisotopic (exact) mass is 217 g/mol. The van der Waals surface area contributed by atoms with E-state index in [0.29, 0.717) is 6.61 Å². The lowest BCUT2D eigenvalue weighted by molar-refractivity contribution is 0.282. The maximum absolute atomic E-state index is 8.51. The van der Waals surface area contributed by atoms with Gasteiger partial charge in [0.05, 0.1) is 0 Å². The third-order valence-electron chi connectivity index (χ3n) is 2.01. The van der Waals surface area contributed by atoms with E-state index in [1.807, 2.05) is 26.0 Å². The molecule has 0 aromatic heterocycles. The van der Waals surface area contributed by atoms with E-state index >= 15 is 0 Å². The van der Waals surface area contributed by atoms with Crippen LogP contribution in [0.3, 0.4) is 0 Å². The van der Waals surface area contributed by atoms with Gasteiger partial charge in [0, 0.05) is 6.61 Å². The summed E-state index contributed by atoms with van der Waals surface area (Å²) in [4.78, 5) is 2.00. The van der Waals surface area contributed by atoms with Crippen molar-refractivity contribution in [3.8, 4) is 0 Å². The number of aliphatic hydroxyl groups excluding tert-OH is 1. The molecule has 94 valence electrons. The molecule has 0 radical (unpaired) electrons. The molecular weight excluding hydrogens is 186 g/mol. The molecule has 0 atom stereocenters. The van der Waals surface area contributed by atoms with Crippen LogP contribution in [0.2, 0.25) is 0 Å². The topological polar surface area (TPSA) is 23.5 Å². The minimum atomic E-state index is 0.370. The summed E-state index contributed by atoms with van der Waals surface area (Å²) in [5.74, 6) is 0. The van der Waals surface area contributed by atoms with Crippen LogP contribution in [-0.4, -0.2) is 37.8 Å². The molecule has 0 fully saturated rings.